The van der Waals surface area contributed by atoms with E-state index in [0.29, 0.717) is 17.1 Å². The van der Waals surface area contributed by atoms with Gasteiger partial charge in [-0.15, -0.1) is 11.3 Å². The Morgan fingerprint density at radius 3 is 2.16 bits per heavy atom. The number of aromatic nitrogens is 2. The number of aryl methyl sites for hydroxylation is 1. The molecule has 0 saturated carbocycles. The second-order valence-corrected chi connectivity index (χ2v) is 7.50. The average Bonchev–Trinajstić information content (AvgIpc) is 3.45. The van der Waals surface area contributed by atoms with E-state index in [0.717, 1.165) is 21.8 Å². The molecule has 9 nitrogen and oxygen atoms in total. The molecule has 0 saturated heterocycles. The van der Waals surface area contributed by atoms with Crippen LogP contribution < -0.4 is 21.5 Å². The van der Waals surface area contributed by atoms with Crippen LogP contribution in [0.2, 0.25) is 0 Å². The SMILES string of the molecule is Cc1nc(-c2cccc(NC(=O)NNC(=O)Nc3cccc(-c4cnco4)c3)c2)cs1. The van der Waals surface area contributed by atoms with Crippen molar-refractivity contribution in [3.05, 3.63) is 71.5 Å². The predicted molar refractivity (Wildman–Crippen MR) is 119 cm³/mol. The largest absolute Gasteiger partial charge is 0.444 e. The first-order valence-electron chi connectivity index (χ1n) is 9.22. The Balaban J connectivity index is 1.30. The third-order valence-corrected chi connectivity index (χ3v) is 4.94. The van der Waals surface area contributed by atoms with Gasteiger partial charge in [-0.05, 0) is 31.2 Å². The minimum Gasteiger partial charge on any atom is -0.444 e. The molecule has 4 rings (SSSR count). The molecule has 4 aromatic rings. The quantitative estimate of drug-likeness (QED) is 0.349. The molecule has 0 atom stereocenters. The minimum absolute atomic E-state index is 0.528. The van der Waals surface area contributed by atoms with Crippen molar-refractivity contribution < 1.29 is 14.0 Å². The lowest BCUT2D eigenvalue weighted by atomic mass is 10.1. The van der Waals surface area contributed by atoms with Gasteiger partial charge in [0.1, 0.15) is 0 Å². The first-order chi connectivity index (χ1) is 15.1. The summed E-state index contributed by atoms with van der Waals surface area (Å²) < 4.78 is 5.24. The zero-order valence-electron chi connectivity index (χ0n) is 16.4. The lowest BCUT2D eigenvalue weighted by Gasteiger charge is -2.11. The number of thiazole rings is 1. The Morgan fingerprint density at radius 1 is 0.935 bits per heavy atom. The summed E-state index contributed by atoms with van der Waals surface area (Å²) in [5.74, 6) is 0.580. The van der Waals surface area contributed by atoms with Crippen molar-refractivity contribution in [2.45, 2.75) is 6.92 Å². The van der Waals surface area contributed by atoms with E-state index in [1.54, 1.807) is 41.8 Å². The van der Waals surface area contributed by atoms with Gasteiger partial charge in [-0.25, -0.2) is 30.4 Å². The number of amides is 4. The third-order valence-electron chi connectivity index (χ3n) is 4.16. The van der Waals surface area contributed by atoms with Crippen LogP contribution in [0.4, 0.5) is 21.0 Å². The summed E-state index contributed by atoms with van der Waals surface area (Å²) in [6.45, 7) is 1.94. The second kappa shape index (κ2) is 9.09. The van der Waals surface area contributed by atoms with E-state index in [9.17, 15) is 9.59 Å². The van der Waals surface area contributed by atoms with E-state index in [4.69, 9.17) is 4.42 Å². The highest BCUT2D eigenvalue weighted by Crippen LogP contribution is 2.24. The summed E-state index contributed by atoms with van der Waals surface area (Å²) in [7, 11) is 0. The molecule has 0 aliphatic carbocycles. The van der Waals surface area contributed by atoms with Gasteiger partial charge in [0, 0.05) is 27.9 Å². The molecule has 0 spiro atoms. The number of urea groups is 2. The van der Waals surface area contributed by atoms with Gasteiger partial charge in [0.25, 0.3) is 0 Å². The van der Waals surface area contributed by atoms with Crippen molar-refractivity contribution in [1.29, 1.82) is 0 Å². The van der Waals surface area contributed by atoms with Gasteiger partial charge >= 0.3 is 12.1 Å². The number of hydrazine groups is 1. The summed E-state index contributed by atoms with van der Waals surface area (Å²) in [4.78, 5) is 32.5. The molecule has 4 amide bonds. The van der Waals surface area contributed by atoms with Crippen LogP contribution in [-0.2, 0) is 0 Å². The zero-order valence-corrected chi connectivity index (χ0v) is 17.2. The topological polar surface area (TPSA) is 121 Å². The number of nitrogens with zero attached hydrogens (tertiary/aromatic N) is 2. The van der Waals surface area contributed by atoms with Crippen LogP contribution in [0.1, 0.15) is 5.01 Å². The smallest absolute Gasteiger partial charge is 0.337 e. The van der Waals surface area contributed by atoms with E-state index >= 15 is 0 Å². The number of nitrogens with one attached hydrogen (secondary N) is 4. The van der Waals surface area contributed by atoms with E-state index in [1.165, 1.54) is 6.39 Å². The zero-order chi connectivity index (χ0) is 21.6. The number of anilines is 2. The Bertz CT molecular complexity index is 1210. The van der Waals surface area contributed by atoms with Crippen LogP contribution in [-0.4, -0.2) is 22.0 Å². The molecule has 4 N–H and O–H groups in total. The average molecular weight is 434 g/mol. The van der Waals surface area contributed by atoms with Gasteiger partial charge in [-0.3, -0.25) is 0 Å². The Morgan fingerprint density at radius 2 is 1.58 bits per heavy atom. The molecule has 0 aliphatic heterocycles. The second-order valence-electron chi connectivity index (χ2n) is 6.44. The molecule has 2 aromatic heterocycles. The van der Waals surface area contributed by atoms with E-state index in [2.05, 4.69) is 31.5 Å². The van der Waals surface area contributed by atoms with Crippen LogP contribution in [0.5, 0.6) is 0 Å². The van der Waals surface area contributed by atoms with Crippen molar-refractivity contribution in [1.82, 2.24) is 20.8 Å². The number of hydrogen-bond donors (Lipinski definition) is 4. The fourth-order valence-corrected chi connectivity index (χ4v) is 3.42. The van der Waals surface area contributed by atoms with E-state index in [1.807, 2.05) is 36.6 Å². The molecule has 0 radical (unpaired) electrons. The molecular weight excluding hydrogens is 416 g/mol. The maximum absolute atomic E-state index is 12.1. The monoisotopic (exact) mass is 434 g/mol. The fourth-order valence-electron chi connectivity index (χ4n) is 2.80. The maximum Gasteiger partial charge on any atom is 0.337 e. The highest BCUT2D eigenvalue weighted by molar-refractivity contribution is 7.09. The Kier molecular flexibility index (Phi) is 5.90. The molecular formula is C21H18N6O3S. The standard InChI is InChI=1S/C21H18N6O3S/c1-13-23-18(11-31-13)14-4-2-6-16(8-14)24-20(28)26-27-21(29)25-17-7-3-5-15(9-17)19-10-22-12-30-19/h2-12H,1H3,(H2,24,26,28)(H2,25,27,29). The van der Waals surface area contributed by atoms with Gasteiger partial charge in [-0.2, -0.15) is 0 Å². The van der Waals surface area contributed by atoms with Crippen LogP contribution >= 0.6 is 11.3 Å². The van der Waals surface area contributed by atoms with Crippen LogP contribution in [0.15, 0.2) is 70.9 Å². The Labute approximate surface area is 181 Å². The van der Waals surface area contributed by atoms with Crippen molar-refractivity contribution in [2.75, 3.05) is 10.6 Å². The summed E-state index contributed by atoms with van der Waals surface area (Å²) in [5.41, 5.74) is 8.19. The summed E-state index contributed by atoms with van der Waals surface area (Å²) >= 11 is 1.56. The minimum atomic E-state index is -0.600. The van der Waals surface area contributed by atoms with Gasteiger partial charge < -0.3 is 15.1 Å². The highest BCUT2D eigenvalue weighted by Gasteiger charge is 2.08. The number of carbonyl (C=O) groups is 2. The molecule has 0 bridgehead atoms. The van der Waals surface area contributed by atoms with Crippen molar-refractivity contribution in [3.8, 4) is 22.6 Å². The number of oxazole rings is 1. The van der Waals surface area contributed by atoms with Crippen molar-refractivity contribution >= 4 is 34.8 Å². The van der Waals surface area contributed by atoms with Gasteiger partial charge in [-0.1, -0.05) is 24.3 Å². The van der Waals surface area contributed by atoms with Crippen molar-refractivity contribution in [2.24, 2.45) is 0 Å². The summed E-state index contributed by atoms with van der Waals surface area (Å²) in [5, 5.41) is 8.23. The number of rotatable bonds is 4. The van der Waals surface area contributed by atoms with Crippen LogP contribution in [0, 0.1) is 6.92 Å². The fraction of sp³-hybridized carbons (Fsp3) is 0.0476. The van der Waals surface area contributed by atoms with E-state index in [-0.39, 0.29) is 0 Å². The molecule has 2 heterocycles. The van der Waals surface area contributed by atoms with Crippen LogP contribution in [0.25, 0.3) is 22.6 Å². The summed E-state index contributed by atoms with van der Waals surface area (Å²) in [6, 6.07) is 13.1. The highest BCUT2D eigenvalue weighted by atomic mass is 32.1. The lowest BCUT2D eigenvalue weighted by Crippen LogP contribution is -2.45. The normalized spacial score (nSPS) is 10.4. The predicted octanol–water partition coefficient (Wildman–Crippen LogP) is 4.63. The Hall–Kier alpha value is -4.18. The third kappa shape index (κ3) is 5.25. The number of benzene rings is 2. The molecule has 0 unspecified atom stereocenters. The maximum atomic E-state index is 12.1. The number of hydrogen-bond acceptors (Lipinski definition) is 6. The van der Waals surface area contributed by atoms with Gasteiger partial charge in [0.05, 0.1) is 16.9 Å². The number of carbonyl (C=O) groups excluding carboxylic acids is 2. The molecule has 2 aromatic carbocycles. The van der Waals surface area contributed by atoms with Gasteiger partial charge in [0.2, 0.25) is 0 Å². The van der Waals surface area contributed by atoms with Gasteiger partial charge in [0.15, 0.2) is 12.2 Å². The van der Waals surface area contributed by atoms with Crippen LogP contribution in [0.3, 0.4) is 0 Å². The first kappa shape index (κ1) is 20.1. The first-order valence-corrected chi connectivity index (χ1v) is 10.1. The summed E-state index contributed by atoms with van der Waals surface area (Å²) in [6.07, 6.45) is 2.91. The molecule has 10 heteroatoms. The van der Waals surface area contributed by atoms with Crippen molar-refractivity contribution in [3.63, 3.8) is 0 Å². The molecule has 156 valence electrons. The molecule has 31 heavy (non-hydrogen) atoms. The lowest BCUT2D eigenvalue weighted by molar-refractivity contribution is 0.237. The molecule has 0 fully saturated rings. The van der Waals surface area contributed by atoms with E-state index < -0.39 is 12.1 Å². The molecule has 0 aliphatic rings.